The topological polar surface area (TPSA) is 268 Å². The van der Waals surface area contributed by atoms with Crippen LogP contribution in [-0.2, 0) is 26.0 Å². The number of aliphatic hydroxyl groups excluding tert-OH is 1. The Bertz CT molecular complexity index is 3170. The molecule has 0 saturated carbocycles. The number of amides is 2. The number of nitrogens with zero attached hydrogens (tertiary/aromatic N) is 14. The second kappa shape index (κ2) is 24.4. The fourth-order valence-corrected chi connectivity index (χ4v) is 8.09. The lowest BCUT2D eigenvalue weighted by Crippen LogP contribution is -2.48. The number of hydrogen-bond acceptors (Lipinski definition) is 15. The van der Waals surface area contributed by atoms with Crippen molar-refractivity contribution in [3.05, 3.63) is 156 Å². The van der Waals surface area contributed by atoms with E-state index >= 15 is 0 Å². The molecule has 0 radical (unpaired) electrons. The molecule has 0 bridgehead atoms. The van der Waals surface area contributed by atoms with Gasteiger partial charge in [-0.3, -0.25) is 24.2 Å². The van der Waals surface area contributed by atoms with Gasteiger partial charge in [-0.05, 0) is 87.4 Å². The van der Waals surface area contributed by atoms with Crippen molar-refractivity contribution in [2.24, 2.45) is 0 Å². The van der Waals surface area contributed by atoms with Crippen LogP contribution >= 0.6 is 0 Å². The van der Waals surface area contributed by atoms with Crippen LogP contribution in [-0.4, -0.2) is 151 Å². The van der Waals surface area contributed by atoms with E-state index in [1.54, 1.807) is 57.6 Å². The first-order valence-electron chi connectivity index (χ1n) is 22.2. The molecule has 8 aromatic rings. The highest BCUT2D eigenvalue weighted by Gasteiger charge is 2.32. The molecule has 3 N–H and O–H groups in total. The second-order valence-corrected chi connectivity index (χ2v) is 18.0. The van der Waals surface area contributed by atoms with Crippen LogP contribution in [0, 0.1) is 25.5 Å². The molecule has 73 heavy (non-hydrogen) atoms. The first-order chi connectivity index (χ1) is 34.2. The summed E-state index contributed by atoms with van der Waals surface area (Å²) in [6, 6.07) is 20.1. The smallest absolute Gasteiger partial charge is 0.258 e. The van der Waals surface area contributed by atoms with E-state index in [0.717, 1.165) is 46.7 Å². The lowest BCUT2D eigenvalue weighted by atomic mass is 10.1. The predicted molar refractivity (Wildman–Crippen MR) is 261 cm³/mol. The average Bonchev–Trinajstić information content (AvgIpc) is 4.24. The molecule has 2 saturated heterocycles. The van der Waals surface area contributed by atoms with E-state index < -0.39 is 34.1 Å². The number of pyridine rings is 2. The number of aliphatic hydroxyl groups is 1. The molecule has 2 amide bonds. The average molecular weight is 1030 g/mol. The Kier molecular flexibility index (Phi) is 18.2. The van der Waals surface area contributed by atoms with E-state index in [1.165, 1.54) is 40.1 Å². The molecule has 2 atom stereocenters. The van der Waals surface area contributed by atoms with Crippen LogP contribution in [0.25, 0.3) is 34.2 Å². The molecule has 2 aromatic carbocycles. The molecular weight excluding hydrogens is 971 g/mol. The summed E-state index contributed by atoms with van der Waals surface area (Å²) in [5.74, 6) is -1.19. The van der Waals surface area contributed by atoms with Gasteiger partial charge in [-0.15, -0.1) is 0 Å². The van der Waals surface area contributed by atoms with Gasteiger partial charge in [-0.2, -0.15) is 44.3 Å². The Labute approximate surface area is 418 Å². The van der Waals surface area contributed by atoms with Crippen molar-refractivity contribution in [3.63, 3.8) is 0 Å². The largest absolute Gasteiger partial charge is 0.412 e. The fourth-order valence-electron chi connectivity index (χ4n) is 7.57. The minimum Gasteiger partial charge on any atom is -0.412 e. The zero-order valence-corrected chi connectivity index (χ0v) is 40.0. The lowest BCUT2D eigenvalue weighted by molar-refractivity contribution is -0.0996. The van der Waals surface area contributed by atoms with Gasteiger partial charge in [-0.25, -0.2) is 17.2 Å². The molecule has 2 aliphatic rings. The highest BCUT2D eigenvalue weighted by molar-refractivity contribution is 7.89. The van der Waals surface area contributed by atoms with Crippen LogP contribution in [0.5, 0.6) is 0 Å². The van der Waals surface area contributed by atoms with Gasteiger partial charge >= 0.3 is 0 Å². The summed E-state index contributed by atoms with van der Waals surface area (Å²) in [5.41, 5.74) is 6.17. The minimum absolute atomic E-state index is 0. The monoisotopic (exact) mass is 1020 g/mol. The molecular formula is C48H54F2N14O8S. The summed E-state index contributed by atoms with van der Waals surface area (Å²) in [6.07, 6.45) is 13.1. The molecule has 384 valence electrons. The highest BCUT2D eigenvalue weighted by atomic mass is 32.2. The number of carbonyl (C=O) groups is 2. The molecule has 2 aliphatic heterocycles. The first kappa shape index (κ1) is 54.4. The van der Waals surface area contributed by atoms with Gasteiger partial charge in [0.05, 0.1) is 104 Å². The molecule has 22 nitrogen and oxygen atoms in total. The molecule has 25 heteroatoms. The number of halogens is 2. The molecule has 10 rings (SSSR count). The van der Waals surface area contributed by atoms with Crippen LogP contribution in [0.2, 0.25) is 0 Å². The van der Waals surface area contributed by atoms with E-state index in [9.17, 15) is 31.9 Å². The molecule has 6 aromatic heterocycles. The van der Waals surface area contributed by atoms with Gasteiger partial charge in [0.15, 0.2) is 12.5 Å². The first-order valence-corrected chi connectivity index (χ1v) is 24.0. The normalized spacial score (nSPS) is 15.4. The number of carbonyl (C=O) groups excluding carboxylic acids is 2. The second-order valence-electron chi connectivity index (χ2n) is 16.2. The van der Waals surface area contributed by atoms with Gasteiger partial charge in [-0.1, -0.05) is 30.7 Å². The summed E-state index contributed by atoms with van der Waals surface area (Å²) < 4.78 is 62.1. The summed E-state index contributed by atoms with van der Waals surface area (Å²) in [7, 11) is -3.39. The maximum atomic E-state index is 13.6. The SMILES string of the molecule is C.CS(=O)(=O)n1ccc(-c2ccc(F)cn2)n1.Cc1ccc(-n2nccn2)c(C(=O)N2CCCO[C@H]2CO)c1.Cc1ccc(-n2nccn2)c(C(=O)N2CCCO[C@H]2Cn2ccc(-c3ccc(F)cn3)n2)c1.O. The Morgan fingerprint density at radius 1 is 0.658 bits per heavy atom. The van der Waals surface area contributed by atoms with Gasteiger partial charge in [0.1, 0.15) is 23.0 Å². The van der Waals surface area contributed by atoms with Gasteiger partial charge in [0.2, 0.25) is 0 Å². The summed E-state index contributed by atoms with van der Waals surface area (Å²) in [5, 5.41) is 34.3. The molecule has 0 unspecified atom stereocenters. The van der Waals surface area contributed by atoms with Crippen molar-refractivity contribution >= 4 is 21.8 Å². The Balaban J connectivity index is 0.000000189. The molecule has 2 fully saturated rings. The van der Waals surface area contributed by atoms with Crippen molar-refractivity contribution in [1.29, 1.82) is 0 Å². The standard InChI is InChI=1S/C23H22FN7O2.C15H18N4O3.C9H8FN3O2S.CH4.H2O/c1-16-3-6-21(31-26-8-9-27-31)18(13-16)23(32)30-10-2-12-33-22(30)15-29-11-7-20(28-29)19-5-4-17(24)14-25-19;1-11-3-4-13(19-16-5-6-17-19)12(9-11)15(21)18-7-2-8-22-14(18)10-20;1-16(14,15)13-5-4-9(12-13)8-3-2-7(10)6-11-8;;/h3-9,11,13-14,22H,2,10,12,15H2,1H3;3-6,9,14,20H,2,7-8,10H2,1H3;2-6H,1H3;1H4;1H2/t22-;14-;;;/m00.../s1. The Morgan fingerprint density at radius 2 is 1.12 bits per heavy atom. The van der Waals surface area contributed by atoms with Crippen LogP contribution in [0.3, 0.4) is 0 Å². The molecule has 0 aliphatic carbocycles. The number of rotatable bonds is 10. The maximum absolute atomic E-state index is 13.6. The van der Waals surface area contributed by atoms with Crippen molar-refractivity contribution < 1.29 is 46.8 Å². The van der Waals surface area contributed by atoms with Gasteiger partial charge in [0, 0.05) is 25.5 Å². The number of hydrogen-bond donors (Lipinski definition) is 1. The number of aromatic nitrogens is 12. The zero-order chi connectivity index (χ0) is 50.1. The predicted octanol–water partition coefficient (Wildman–Crippen LogP) is 4.32. The molecule has 0 spiro atoms. The van der Waals surface area contributed by atoms with Crippen molar-refractivity contribution in [3.8, 4) is 34.2 Å². The fraction of sp³-hybridized carbons (Fsp3) is 0.292. The van der Waals surface area contributed by atoms with E-state index in [4.69, 9.17) is 9.47 Å². The maximum Gasteiger partial charge on any atom is 0.258 e. The summed E-state index contributed by atoms with van der Waals surface area (Å²) >= 11 is 0. The van der Waals surface area contributed by atoms with Crippen LogP contribution in [0.1, 0.15) is 52.1 Å². The Hall–Kier alpha value is -7.97. The van der Waals surface area contributed by atoms with E-state index in [-0.39, 0.29) is 31.3 Å². The third-order valence-corrected chi connectivity index (χ3v) is 11.9. The van der Waals surface area contributed by atoms with Crippen molar-refractivity contribution in [2.45, 2.75) is 53.1 Å². The van der Waals surface area contributed by atoms with Crippen LogP contribution in [0.15, 0.2) is 122 Å². The van der Waals surface area contributed by atoms with E-state index in [0.29, 0.717) is 78.1 Å². The minimum atomic E-state index is -3.39. The quantitative estimate of drug-likeness (QED) is 0.200. The van der Waals surface area contributed by atoms with Crippen LogP contribution < -0.4 is 0 Å². The van der Waals surface area contributed by atoms with Gasteiger partial charge < -0.3 is 29.9 Å². The highest BCUT2D eigenvalue weighted by Crippen LogP contribution is 2.24. The lowest BCUT2D eigenvalue weighted by Gasteiger charge is -2.36. The van der Waals surface area contributed by atoms with E-state index in [2.05, 4.69) is 40.6 Å². The van der Waals surface area contributed by atoms with Crippen molar-refractivity contribution in [2.75, 3.05) is 39.2 Å². The third kappa shape index (κ3) is 13.3. The summed E-state index contributed by atoms with van der Waals surface area (Å²) in [4.78, 5) is 40.6. The summed E-state index contributed by atoms with van der Waals surface area (Å²) in [6.45, 7) is 6.24. The number of aryl methyl sites for hydroxylation is 2. The molecule has 8 heterocycles. The van der Waals surface area contributed by atoms with Crippen molar-refractivity contribution in [1.82, 2.24) is 68.7 Å². The van der Waals surface area contributed by atoms with E-state index in [1.807, 2.05) is 50.2 Å². The van der Waals surface area contributed by atoms with Crippen LogP contribution in [0.4, 0.5) is 8.78 Å². The zero-order valence-electron chi connectivity index (χ0n) is 39.2. The Morgan fingerprint density at radius 3 is 1.58 bits per heavy atom. The number of benzene rings is 2. The number of ether oxygens (including phenoxy) is 2. The van der Waals surface area contributed by atoms with Gasteiger partial charge in [0.25, 0.3) is 21.8 Å². The third-order valence-electron chi connectivity index (χ3n) is 11.0.